The fourth-order valence-electron chi connectivity index (χ4n) is 3.04. The predicted molar refractivity (Wildman–Crippen MR) is 111 cm³/mol. The number of nitrogens with zero attached hydrogens (tertiary/aromatic N) is 3. The molecule has 27 heavy (non-hydrogen) atoms. The zero-order valence-corrected chi connectivity index (χ0v) is 16.1. The highest BCUT2D eigenvalue weighted by molar-refractivity contribution is 6.31. The standard InChI is InChI=1S/C21H21ClN4O/c1-26(2)11-5-10-23-20-16-13-15(22)8-9-17(16)24-21(25-20)19-12-14-6-3-4-7-18(14)27-19/h3-4,6-9,12-13H,5,10-11H2,1-2H3,(H,23,24,25). The van der Waals surface area contributed by atoms with Crippen molar-refractivity contribution in [2.45, 2.75) is 6.42 Å². The molecule has 0 aliphatic rings. The number of benzene rings is 2. The first kappa shape index (κ1) is 17.8. The molecule has 0 saturated heterocycles. The molecule has 0 fully saturated rings. The highest BCUT2D eigenvalue weighted by Gasteiger charge is 2.13. The van der Waals surface area contributed by atoms with Gasteiger partial charge in [-0.05, 0) is 57.4 Å². The minimum atomic E-state index is 0.566. The van der Waals surface area contributed by atoms with E-state index in [2.05, 4.69) is 29.3 Å². The third-order valence-electron chi connectivity index (χ3n) is 4.38. The molecule has 4 rings (SSSR count). The Hall–Kier alpha value is -2.63. The Morgan fingerprint density at radius 3 is 2.74 bits per heavy atom. The van der Waals surface area contributed by atoms with Gasteiger partial charge in [0.2, 0.25) is 0 Å². The summed E-state index contributed by atoms with van der Waals surface area (Å²) in [7, 11) is 4.14. The number of para-hydroxylation sites is 1. The summed E-state index contributed by atoms with van der Waals surface area (Å²) in [6, 6.07) is 15.5. The zero-order chi connectivity index (χ0) is 18.8. The fraction of sp³-hybridized carbons (Fsp3) is 0.238. The van der Waals surface area contributed by atoms with Crippen molar-refractivity contribution in [3.63, 3.8) is 0 Å². The molecule has 0 bridgehead atoms. The molecule has 138 valence electrons. The third kappa shape index (κ3) is 3.89. The molecule has 2 heterocycles. The minimum absolute atomic E-state index is 0.566. The number of nitrogens with one attached hydrogen (secondary N) is 1. The SMILES string of the molecule is CN(C)CCCNc1nc(-c2cc3ccccc3o2)nc2ccc(Cl)cc12. The lowest BCUT2D eigenvalue weighted by Gasteiger charge is -2.12. The van der Waals surface area contributed by atoms with Crippen molar-refractivity contribution < 1.29 is 4.42 Å². The summed E-state index contributed by atoms with van der Waals surface area (Å²) in [4.78, 5) is 11.6. The Kier molecular flexibility index (Phi) is 4.97. The van der Waals surface area contributed by atoms with Crippen molar-refractivity contribution in [2.75, 3.05) is 32.5 Å². The molecule has 2 aromatic carbocycles. The van der Waals surface area contributed by atoms with E-state index in [0.717, 1.165) is 47.2 Å². The summed E-state index contributed by atoms with van der Waals surface area (Å²) in [5.74, 6) is 2.00. The van der Waals surface area contributed by atoms with Crippen LogP contribution in [0.1, 0.15) is 6.42 Å². The topological polar surface area (TPSA) is 54.2 Å². The second-order valence-corrected chi connectivity index (χ2v) is 7.23. The number of halogens is 1. The van der Waals surface area contributed by atoms with E-state index in [0.29, 0.717) is 16.6 Å². The van der Waals surface area contributed by atoms with Gasteiger partial charge in [-0.25, -0.2) is 9.97 Å². The lowest BCUT2D eigenvalue weighted by atomic mass is 10.2. The molecule has 0 aliphatic heterocycles. The first-order valence-corrected chi connectivity index (χ1v) is 9.33. The molecule has 1 N–H and O–H groups in total. The van der Waals surface area contributed by atoms with Gasteiger partial charge >= 0.3 is 0 Å². The van der Waals surface area contributed by atoms with Crippen LogP contribution >= 0.6 is 11.6 Å². The van der Waals surface area contributed by atoms with Gasteiger partial charge in [0, 0.05) is 22.3 Å². The van der Waals surface area contributed by atoms with Gasteiger partial charge < -0.3 is 14.6 Å². The summed E-state index contributed by atoms with van der Waals surface area (Å²) in [5, 5.41) is 6.05. The second-order valence-electron chi connectivity index (χ2n) is 6.79. The largest absolute Gasteiger partial charge is 0.453 e. The number of fused-ring (bicyclic) bond motifs is 2. The Balaban J connectivity index is 1.73. The minimum Gasteiger partial charge on any atom is -0.453 e. The maximum absolute atomic E-state index is 6.20. The highest BCUT2D eigenvalue weighted by Crippen LogP contribution is 2.30. The molecule has 6 heteroatoms. The lowest BCUT2D eigenvalue weighted by Crippen LogP contribution is -2.16. The molecule has 0 amide bonds. The maximum Gasteiger partial charge on any atom is 0.198 e. The summed E-state index contributed by atoms with van der Waals surface area (Å²) in [6.45, 7) is 1.82. The third-order valence-corrected chi connectivity index (χ3v) is 4.61. The normalized spacial score (nSPS) is 11.6. The van der Waals surface area contributed by atoms with E-state index in [1.54, 1.807) is 0 Å². The summed E-state index contributed by atoms with van der Waals surface area (Å²) in [5.41, 5.74) is 1.66. The van der Waals surface area contributed by atoms with Crippen molar-refractivity contribution in [3.8, 4) is 11.6 Å². The van der Waals surface area contributed by atoms with Crippen LogP contribution in [0.15, 0.2) is 52.9 Å². The van der Waals surface area contributed by atoms with Gasteiger partial charge in [0.25, 0.3) is 0 Å². The number of hydrogen-bond donors (Lipinski definition) is 1. The Morgan fingerprint density at radius 1 is 1.07 bits per heavy atom. The Bertz CT molecular complexity index is 1060. The molecule has 0 unspecified atom stereocenters. The average molecular weight is 381 g/mol. The van der Waals surface area contributed by atoms with Crippen molar-refractivity contribution in [2.24, 2.45) is 0 Å². The van der Waals surface area contributed by atoms with Crippen LogP contribution in [-0.2, 0) is 0 Å². The number of hydrogen-bond acceptors (Lipinski definition) is 5. The van der Waals surface area contributed by atoms with Gasteiger partial charge in [-0.2, -0.15) is 0 Å². The Morgan fingerprint density at radius 2 is 1.93 bits per heavy atom. The number of rotatable bonds is 6. The van der Waals surface area contributed by atoms with Gasteiger partial charge in [-0.1, -0.05) is 29.8 Å². The second kappa shape index (κ2) is 7.55. The van der Waals surface area contributed by atoms with Gasteiger partial charge in [0.1, 0.15) is 11.4 Å². The molecule has 0 atom stereocenters. The van der Waals surface area contributed by atoms with E-state index >= 15 is 0 Å². The molecular weight excluding hydrogens is 360 g/mol. The molecule has 4 aromatic rings. The monoisotopic (exact) mass is 380 g/mol. The fourth-order valence-corrected chi connectivity index (χ4v) is 3.21. The number of anilines is 1. The summed E-state index contributed by atoms with van der Waals surface area (Å²) >= 11 is 6.20. The van der Waals surface area contributed by atoms with Crippen LogP contribution in [0, 0.1) is 0 Å². The predicted octanol–water partition coefficient (Wildman–Crippen LogP) is 5.06. The molecule has 0 saturated carbocycles. The smallest absolute Gasteiger partial charge is 0.198 e. The maximum atomic E-state index is 6.20. The van der Waals surface area contributed by atoms with Crippen LogP contribution in [-0.4, -0.2) is 42.1 Å². The van der Waals surface area contributed by atoms with Crippen molar-refractivity contribution in [3.05, 3.63) is 53.6 Å². The van der Waals surface area contributed by atoms with E-state index < -0.39 is 0 Å². The van der Waals surface area contributed by atoms with E-state index in [1.165, 1.54) is 0 Å². The molecule has 5 nitrogen and oxygen atoms in total. The average Bonchev–Trinajstić information content (AvgIpc) is 3.09. The van der Waals surface area contributed by atoms with Crippen LogP contribution in [0.2, 0.25) is 5.02 Å². The zero-order valence-electron chi connectivity index (χ0n) is 15.4. The molecular formula is C21H21ClN4O. The van der Waals surface area contributed by atoms with Gasteiger partial charge in [-0.3, -0.25) is 0 Å². The van der Waals surface area contributed by atoms with E-state index in [1.807, 2.05) is 48.5 Å². The summed E-state index contributed by atoms with van der Waals surface area (Å²) < 4.78 is 5.95. The summed E-state index contributed by atoms with van der Waals surface area (Å²) in [6.07, 6.45) is 1.01. The van der Waals surface area contributed by atoms with Crippen LogP contribution in [0.3, 0.4) is 0 Å². The van der Waals surface area contributed by atoms with Crippen molar-refractivity contribution >= 4 is 39.3 Å². The first-order chi connectivity index (χ1) is 13.1. The van der Waals surface area contributed by atoms with Gasteiger partial charge in [0.15, 0.2) is 11.6 Å². The van der Waals surface area contributed by atoms with E-state index in [4.69, 9.17) is 21.0 Å². The molecule has 0 spiro atoms. The molecule has 2 aromatic heterocycles. The van der Waals surface area contributed by atoms with Gasteiger partial charge in [-0.15, -0.1) is 0 Å². The van der Waals surface area contributed by atoms with E-state index in [-0.39, 0.29) is 0 Å². The number of furan rings is 1. The number of aromatic nitrogens is 2. The molecule has 0 radical (unpaired) electrons. The van der Waals surface area contributed by atoms with Crippen LogP contribution < -0.4 is 5.32 Å². The van der Waals surface area contributed by atoms with Crippen LogP contribution in [0.4, 0.5) is 5.82 Å². The van der Waals surface area contributed by atoms with Crippen LogP contribution in [0.25, 0.3) is 33.5 Å². The van der Waals surface area contributed by atoms with Crippen LogP contribution in [0.5, 0.6) is 0 Å². The lowest BCUT2D eigenvalue weighted by molar-refractivity contribution is 0.405. The Labute approximate surface area is 163 Å². The van der Waals surface area contributed by atoms with Crippen molar-refractivity contribution in [1.29, 1.82) is 0 Å². The quantitative estimate of drug-likeness (QED) is 0.474. The van der Waals surface area contributed by atoms with E-state index in [9.17, 15) is 0 Å². The first-order valence-electron chi connectivity index (χ1n) is 8.95. The van der Waals surface area contributed by atoms with Crippen molar-refractivity contribution in [1.82, 2.24) is 14.9 Å². The highest BCUT2D eigenvalue weighted by atomic mass is 35.5. The molecule has 0 aliphatic carbocycles. The van der Waals surface area contributed by atoms with Gasteiger partial charge in [0.05, 0.1) is 5.52 Å².